The van der Waals surface area contributed by atoms with Gasteiger partial charge in [-0.1, -0.05) is 49.4 Å². The van der Waals surface area contributed by atoms with Crippen LogP contribution in [0.5, 0.6) is 5.75 Å². The van der Waals surface area contributed by atoms with E-state index in [1.807, 2.05) is 49.4 Å². The van der Waals surface area contributed by atoms with Crippen LogP contribution in [-0.4, -0.2) is 72.7 Å². The van der Waals surface area contributed by atoms with E-state index in [1.54, 1.807) is 12.1 Å². The molecular weight excluding hydrogens is 629 g/mol. The first-order chi connectivity index (χ1) is 23.7. The van der Waals surface area contributed by atoms with Crippen LogP contribution < -0.4 is 10.1 Å². The molecule has 1 saturated carbocycles. The van der Waals surface area contributed by atoms with Gasteiger partial charge in [0.1, 0.15) is 5.75 Å². The second-order valence-corrected chi connectivity index (χ2v) is 13.5. The number of piperidine rings is 1. The van der Waals surface area contributed by atoms with Gasteiger partial charge >= 0.3 is 6.18 Å². The van der Waals surface area contributed by atoms with Gasteiger partial charge in [-0.2, -0.15) is 13.2 Å². The number of ether oxygens (including phenoxy) is 2. The zero-order valence-electron chi connectivity index (χ0n) is 27.9. The van der Waals surface area contributed by atoms with Gasteiger partial charge in [0.2, 0.25) is 0 Å². The molecule has 0 radical (unpaired) electrons. The molecule has 7 nitrogen and oxygen atoms in total. The van der Waals surface area contributed by atoms with Gasteiger partial charge in [-0.3, -0.25) is 14.6 Å². The third-order valence-electron chi connectivity index (χ3n) is 10.2. The van der Waals surface area contributed by atoms with Crippen molar-refractivity contribution in [3.63, 3.8) is 0 Å². The van der Waals surface area contributed by atoms with Gasteiger partial charge in [-0.15, -0.1) is 0 Å². The molecule has 3 aromatic carbocycles. The maximum atomic E-state index is 14.7. The normalized spacial score (nSPS) is 18.8. The summed E-state index contributed by atoms with van der Waals surface area (Å²) in [6, 6.07) is 21.2. The summed E-state index contributed by atoms with van der Waals surface area (Å²) >= 11 is 0. The fraction of sp³-hybridized carbons (Fsp3) is 0.436. The van der Waals surface area contributed by atoms with E-state index < -0.39 is 17.3 Å². The first kappa shape index (κ1) is 33.5. The van der Waals surface area contributed by atoms with Crippen molar-refractivity contribution in [3.8, 4) is 17.0 Å². The predicted molar refractivity (Wildman–Crippen MR) is 183 cm³/mol. The molecule has 3 fully saturated rings. The van der Waals surface area contributed by atoms with Crippen molar-refractivity contribution >= 4 is 16.8 Å². The average Bonchev–Trinajstić information content (AvgIpc) is 3.91. The monoisotopic (exact) mass is 672 g/mol. The Hall–Kier alpha value is -3.99. The molecular formula is C39H43F3N4O3. The fourth-order valence-electron chi connectivity index (χ4n) is 7.35. The van der Waals surface area contributed by atoms with Crippen molar-refractivity contribution in [1.29, 1.82) is 0 Å². The molecule has 2 saturated heterocycles. The Morgan fingerprint density at radius 3 is 2.43 bits per heavy atom. The number of carbonyl (C=O) groups excluding carboxylic acids is 1. The summed E-state index contributed by atoms with van der Waals surface area (Å²) < 4.78 is 53.5. The maximum Gasteiger partial charge on any atom is 0.416 e. The van der Waals surface area contributed by atoms with E-state index in [0.717, 1.165) is 89.2 Å². The summed E-state index contributed by atoms with van der Waals surface area (Å²) in [6.45, 7) is 7.88. The van der Waals surface area contributed by atoms with Crippen LogP contribution in [-0.2, 0) is 23.0 Å². The minimum atomic E-state index is -4.52. The number of pyridine rings is 1. The Morgan fingerprint density at radius 2 is 1.73 bits per heavy atom. The third-order valence-corrected chi connectivity index (χ3v) is 10.2. The van der Waals surface area contributed by atoms with Crippen LogP contribution in [0.2, 0.25) is 0 Å². The van der Waals surface area contributed by atoms with E-state index in [9.17, 15) is 18.0 Å². The van der Waals surface area contributed by atoms with Crippen molar-refractivity contribution in [2.75, 3.05) is 46.0 Å². The molecule has 0 atom stereocenters. The minimum absolute atomic E-state index is 0.248. The number of amides is 1. The predicted octanol–water partition coefficient (Wildman–Crippen LogP) is 7.43. The third kappa shape index (κ3) is 7.32. The Bertz CT molecular complexity index is 1780. The summed E-state index contributed by atoms with van der Waals surface area (Å²) in [5.41, 5.74) is 2.12. The highest BCUT2D eigenvalue weighted by atomic mass is 19.4. The lowest BCUT2D eigenvalue weighted by atomic mass is 9.93. The molecule has 258 valence electrons. The number of benzene rings is 3. The quantitative estimate of drug-likeness (QED) is 0.189. The van der Waals surface area contributed by atoms with Gasteiger partial charge in [0.15, 0.2) is 0 Å². The molecule has 49 heavy (non-hydrogen) atoms. The van der Waals surface area contributed by atoms with Gasteiger partial charge in [0.05, 0.1) is 47.7 Å². The highest BCUT2D eigenvalue weighted by Gasteiger charge is 2.46. The van der Waals surface area contributed by atoms with Crippen LogP contribution in [0.3, 0.4) is 0 Å². The molecule has 10 heteroatoms. The highest BCUT2D eigenvalue weighted by molar-refractivity contribution is 6.09. The molecule has 1 aromatic heterocycles. The van der Waals surface area contributed by atoms with Gasteiger partial charge in [0.25, 0.3) is 5.91 Å². The first-order valence-electron chi connectivity index (χ1n) is 17.4. The number of aromatic nitrogens is 1. The average molecular weight is 673 g/mol. The first-order valence-corrected chi connectivity index (χ1v) is 17.4. The van der Waals surface area contributed by atoms with Crippen LogP contribution in [0.4, 0.5) is 13.2 Å². The number of hydrogen-bond acceptors (Lipinski definition) is 6. The number of rotatable bonds is 10. The number of morpholine rings is 1. The van der Waals surface area contributed by atoms with E-state index in [2.05, 4.69) is 15.1 Å². The van der Waals surface area contributed by atoms with Crippen LogP contribution >= 0.6 is 0 Å². The molecule has 0 spiro atoms. The smallest absolute Gasteiger partial charge is 0.416 e. The lowest BCUT2D eigenvalue weighted by molar-refractivity contribution is -0.137. The number of halogens is 3. The van der Waals surface area contributed by atoms with Crippen molar-refractivity contribution < 1.29 is 27.4 Å². The molecule has 1 N–H and O–H groups in total. The van der Waals surface area contributed by atoms with Crippen LogP contribution in [0.1, 0.15) is 66.1 Å². The SMILES string of the molecule is CCCOc1ccc2c(C(=O)NC3(c4ccccc4)CC3)c(CN3CCC(N4CCOCC4)CC3)c(-c3cccc(C(F)(F)F)c3)nc2c1. The fourth-order valence-corrected chi connectivity index (χ4v) is 7.35. The highest BCUT2D eigenvalue weighted by Crippen LogP contribution is 2.46. The number of fused-ring (bicyclic) bond motifs is 1. The molecule has 3 heterocycles. The van der Waals surface area contributed by atoms with E-state index in [0.29, 0.717) is 58.2 Å². The molecule has 4 aromatic rings. The van der Waals surface area contributed by atoms with Gasteiger partial charge in [-0.05, 0) is 75.0 Å². The summed E-state index contributed by atoms with van der Waals surface area (Å²) in [4.78, 5) is 24.5. The summed E-state index contributed by atoms with van der Waals surface area (Å²) in [5, 5.41) is 4.02. The topological polar surface area (TPSA) is 66.9 Å². The summed E-state index contributed by atoms with van der Waals surface area (Å²) in [6.07, 6.45) is -0.147. The second kappa shape index (κ2) is 14.1. The number of hydrogen-bond donors (Lipinski definition) is 1. The Balaban J connectivity index is 1.33. The van der Waals surface area contributed by atoms with Gasteiger partial charge in [-0.25, -0.2) is 4.98 Å². The molecule has 7 rings (SSSR count). The maximum absolute atomic E-state index is 14.7. The summed E-state index contributed by atoms with van der Waals surface area (Å²) in [5.74, 6) is 0.353. The number of likely N-dealkylation sites (tertiary alicyclic amines) is 1. The Morgan fingerprint density at radius 1 is 0.980 bits per heavy atom. The molecule has 2 aliphatic heterocycles. The second-order valence-electron chi connectivity index (χ2n) is 13.5. The Kier molecular flexibility index (Phi) is 9.64. The van der Waals surface area contributed by atoms with E-state index in [1.165, 1.54) is 6.07 Å². The van der Waals surface area contributed by atoms with Gasteiger partial charge in [0, 0.05) is 48.3 Å². The van der Waals surface area contributed by atoms with Crippen molar-refractivity contribution in [3.05, 3.63) is 95.1 Å². The van der Waals surface area contributed by atoms with Crippen molar-refractivity contribution in [2.45, 2.75) is 63.3 Å². The zero-order valence-corrected chi connectivity index (χ0v) is 27.9. The molecule has 3 aliphatic rings. The molecule has 1 amide bonds. The van der Waals surface area contributed by atoms with Crippen molar-refractivity contribution in [1.82, 2.24) is 20.1 Å². The molecule has 1 aliphatic carbocycles. The minimum Gasteiger partial charge on any atom is -0.494 e. The standard InChI is InChI=1S/C39H43F3N4O3/c1-2-21-49-31-11-12-32-34(25-31)43-36(27-7-6-10-29(24-27)39(40,41)42)33(26-45-17-13-30(14-18-45)46-19-22-48-23-20-46)35(32)37(47)44-38(15-16-38)28-8-4-3-5-9-28/h3-12,24-25,30H,2,13-23,26H2,1H3,(H,44,47). The lowest BCUT2D eigenvalue weighted by Gasteiger charge is -2.40. The lowest BCUT2D eigenvalue weighted by Crippen LogP contribution is -2.48. The van der Waals surface area contributed by atoms with E-state index in [-0.39, 0.29) is 5.91 Å². The Labute approximate surface area is 285 Å². The number of alkyl halides is 3. The van der Waals surface area contributed by atoms with E-state index in [4.69, 9.17) is 14.5 Å². The van der Waals surface area contributed by atoms with Crippen LogP contribution in [0, 0.1) is 0 Å². The largest absolute Gasteiger partial charge is 0.494 e. The molecule has 0 unspecified atom stereocenters. The number of carbonyl (C=O) groups is 1. The van der Waals surface area contributed by atoms with Crippen LogP contribution in [0.25, 0.3) is 22.2 Å². The number of nitrogens with zero attached hydrogens (tertiary/aromatic N) is 3. The van der Waals surface area contributed by atoms with Gasteiger partial charge < -0.3 is 14.8 Å². The molecule has 0 bridgehead atoms. The summed E-state index contributed by atoms with van der Waals surface area (Å²) in [7, 11) is 0. The van der Waals surface area contributed by atoms with Crippen molar-refractivity contribution in [2.24, 2.45) is 0 Å². The zero-order chi connectivity index (χ0) is 34.0. The van der Waals surface area contributed by atoms with Crippen LogP contribution in [0.15, 0.2) is 72.8 Å². The number of nitrogens with one attached hydrogen (secondary N) is 1. The van der Waals surface area contributed by atoms with E-state index >= 15 is 0 Å².